The normalized spacial score (nSPS) is 10.0. The lowest BCUT2D eigenvalue weighted by atomic mass is 10.0. The van der Waals surface area contributed by atoms with Gasteiger partial charge in [0.05, 0.1) is 0 Å². The Hall–Kier alpha value is -2.99. The van der Waals surface area contributed by atoms with Crippen LogP contribution in [0.1, 0.15) is 20.8 Å². The van der Waals surface area contributed by atoms with Crippen LogP contribution < -0.4 is 0 Å². The summed E-state index contributed by atoms with van der Waals surface area (Å²) in [4.78, 5) is 49.1. The molecule has 0 radical (unpaired) electrons. The van der Waals surface area contributed by atoms with Gasteiger partial charge in [-0.3, -0.25) is 0 Å². The van der Waals surface area contributed by atoms with Crippen molar-refractivity contribution in [2.24, 2.45) is 4.99 Å². The van der Waals surface area contributed by atoms with Crippen LogP contribution in [0.2, 0.25) is 0 Å². The molecule has 136 valence electrons. The van der Waals surface area contributed by atoms with E-state index < -0.39 is 43.3 Å². The predicted molar refractivity (Wildman–Crippen MR) is 88.2 cm³/mol. The van der Waals surface area contributed by atoms with Gasteiger partial charge in [-0.15, -0.1) is 0 Å². The number of aliphatic imine (C=N–C) groups is 1. The van der Waals surface area contributed by atoms with Crippen molar-refractivity contribution in [1.29, 1.82) is 0 Å². The summed E-state index contributed by atoms with van der Waals surface area (Å²) in [7, 11) is 0. The number of hydrogen-bond acceptors (Lipinski definition) is 8. The highest BCUT2D eigenvalue weighted by atomic mass is 16.6. The Morgan fingerprint density at radius 3 is 1.28 bits per heavy atom. The molecule has 0 aliphatic rings. The fourth-order valence-electron chi connectivity index (χ4n) is 1.29. The van der Waals surface area contributed by atoms with Gasteiger partial charge >= 0.3 is 17.9 Å². The summed E-state index contributed by atoms with van der Waals surface area (Å²) in [5.74, 6) is -2.24. The number of isocyanates is 1. The van der Waals surface area contributed by atoms with Crippen LogP contribution in [0.5, 0.6) is 0 Å². The van der Waals surface area contributed by atoms with E-state index in [9.17, 15) is 19.2 Å². The summed E-state index contributed by atoms with van der Waals surface area (Å²) in [6, 6.07) is 0. The second kappa shape index (κ2) is 10.00. The third kappa shape index (κ3) is 7.90. The summed E-state index contributed by atoms with van der Waals surface area (Å²) in [5.41, 5.74) is -1.31. The lowest BCUT2D eigenvalue weighted by Crippen LogP contribution is -2.44. The first-order chi connectivity index (χ1) is 11.5. The smallest absolute Gasteiger partial charge is 0.333 e. The zero-order valence-corrected chi connectivity index (χ0v) is 14.5. The molecule has 0 N–H and O–H groups in total. The average molecular weight is 351 g/mol. The number of nitrogens with zero attached hydrogens (tertiary/aromatic N) is 1. The standard InChI is InChI=1S/C17H21NO7/c1-11(2)14(20)23-7-17(18-10-19,8-24-15(21)12(3)4)9-25-16(22)13(5)6/h1,3,5,7-9H2,2,4,6H3. The van der Waals surface area contributed by atoms with Gasteiger partial charge in [-0.2, -0.15) is 4.99 Å². The van der Waals surface area contributed by atoms with E-state index in [4.69, 9.17) is 14.2 Å². The van der Waals surface area contributed by atoms with Crippen LogP contribution in [0.25, 0.3) is 0 Å². The van der Waals surface area contributed by atoms with Crippen molar-refractivity contribution in [1.82, 2.24) is 0 Å². The van der Waals surface area contributed by atoms with Crippen molar-refractivity contribution in [2.45, 2.75) is 26.3 Å². The first-order valence-electron chi connectivity index (χ1n) is 7.11. The molecule has 0 fully saturated rings. The van der Waals surface area contributed by atoms with Gasteiger partial charge < -0.3 is 14.2 Å². The monoisotopic (exact) mass is 351 g/mol. The number of esters is 3. The second-order valence-corrected chi connectivity index (χ2v) is 5.50. The second-order valence-electron chi connectivity index (χ2n) is 5.50. The maximum Gasteiger partial charge on any atom is 0.333 e. The third-order valence-electron chi connectivity index (χ3n) is 2.74. The van der Waals surface area contributed by atoms with Gasteiger partial charge in [0.15, 0.2) is 5.54 Å². The number of hydrogen-bond donors (Lipinski definition) is 0. The molecule has 0 aromatic carbocycles. The largest absolute Gasteiger partial charge is 0.459 e. The Morgan fingerprint density at radius 2 is 1.08 bits per heavy atom. The van der Waals surface area contributed by atoms with Gasteiger partial charge in [-0.1, -0.05) is 19.7 Å². The van der Waals surface area contributed by atoms with Gasteiger partial charge in [0, 0.05) is 16.7 Å². The molecule has 0 spiro atoms. The van der Waals surface area contributed by atoms with Gasteiger partial charge in [-0.05, 0) is 20.8 Å². The van der Waals surface area contributed by atoms with Crippen LogP contribution in [-0.2, 0) is 33.4 Å². The molecule has 0 heterocycles. The molecule has 0 bridgehead atoms. The van der Waals surface area contributed by atoms with Crippen molar-refractivity contribution in [3.8, 4) is 0 Å². The highest BCUT2D eigenvalue weighted by Gasteiger charge is 2.36. The number of rotatable bonds is 10. The van der Waals surface area contributed by atoms with Gasteiger partial charge in [0.1, 0.15) is 19.8 Å². The van der Waals surface area contributed by atoms with E-state index in [0.29, 0.717) is 0 Å². The molecule has 25 heavy (non-hydrogen) atoms. The lowest BCUT2D eigenvalue weighted by molar-refractivity contribution is -0.150. The zero-order chi connectivity index (χ0) is 19.6. The van der Waals surface area contributed by atoms with Gasteiger partial charge in [0.2, 0.25) is 6.08 Å². The number of carbonyl (C=O) groups is 3. The Labute approximate surface area is 145 Å². The minimum absolute atomic E-state index is 0.113. The topological polar surface area (TPSA) is 108 Å². The minimum Gasteiger partial charge on any atom is -0.459 e. The van der Waals surface area contributed by atoms with Crippen LogP contribution in [-0.4, -0.2) is 49.3 Å². The molecular formula is C17H21NO7. The van der Waals surface area contributed by atoms with Crippen molar-refractivity contribution in [3.63, 3.8) is 0 Å². The fourth-order valence-corrected chi connectivity index (χ4v) is 1.29. The van der Waals surface area contributed by atoms with Crippen molar-refractivity contribution in [2.75, 3.05) is 19.8 Å². The lowest BCUT2D eigenvalue weighted by Gasteiger charge is -2.26. The molecule has 0 aliphatic heterocycles. The Morgan fingerprint density at radius 1 is 0.800 bits per heavy atom. The first-order valence-corrected chi connectivity index (χ1v) is 7.11. The van der Waals surface area contributed by atoms with Crippen LogP contribution in [0.15, 0.2) is 41.4 Å². The molecule has 0 saturated carbocycles. The summed E-state index contributed by atoms with van der Waals surface area (Å²) >= 11 is 0. The summed E-state index contributed by atoms with van der Waals surface area (Å²) in [6.45, 7) is 13.0. The van der Waals surface area contributed by atoms with E-state index in [1.54, 1.807) is 0 Å². The quantitative estimate of drug-likeness (QED) is 0.192. The fraction of sp³-hybridized carbons (Fsp3) is 0.412. The molecule has 0 amide bonds. The molecule has 8 heteroatoms. The van der Waals surface area contributed by atoms with E-state index in [2.05, 4.69) is 24.7 Å². The van der Waals surface area contributed by atoms with Crippen molar-refractivity contribution < 1.29 is 33.4 Å². The van der Waals surface area contributed by atoms with Crippen molar-refractivity contribution in [3.05, 3.63) is 36.5 Å². The van der Waals surface area contributed by atoms with Crippen LogP contribution in [0.3, 0.4) is 0 Å². The van der Waals surface area contributed by atoms with E-state index in [1.807, 2.05) is 0 Å². The average Bonchev–Trinajstić information content (AvgIpc) is 2.54. The zero-order valence-electron chi connectivity index (χ0n) is 14.5. The van der Waals surface area contributed by atoms with E-state index in [0.717, 1.165) is 0 Å². The molecule has 0 aromatic rings. The molecule has 0 aliphatic carbocycles. The first kappa shape index (κ1) is 22.0. The number of carbonyl (C=O) groups excluding carboxylic acids is 4. The SMILES string of the molecule is C=C(C)C(=O)OCC(COC(=O)C(=C)C)(COC(=O)C(=C)C)N=C=O. The van der Waals surface area contributed by atoms with Gasteiger partial charge in [0.25, 0.3) is 0 Å². The maximum absolute atomic E-state index is 11.6. The summed E-state index contributed by atoms with van der Waals surface area (Å²) in [5, 5.41) is 0. The van der Waals surface area contributed by atoms with Crippen LogP contribution >= 0.6 is 0 Å². The van der Waals surface area contributed by atoms with E-state index in [-0.39, 0.29) is 16.7 Å². The van der Waals surface area contributed by atoms with Gasteiger partial charge in [-0.25, -0.2) is 19.2 Å². The maximum atomic E-state index is 11.6. The summed E-state index contributed by atoms with van der Waals surface area (Å²) < 4.78 is 14.9. The molecule has 0 rings (SSSR count). The Bertz CT molecular complexity index is 567. The Balaban J connectivity index is 5.38. The number of ether oxygens (including phenoxy) is 3. The van der Waals surface area contributed by atoms with Crippen LogP contribution in [0, 0.1) is 0 Å². The summed E-state index contributed by atoms with van der Waals surface area (Å²) in [6.07, 6.45) is 1.30. The molecule has 0 aromatic heterocycles. The van der Waals surface area contributed by atoms with Crippen LogP contribution in [0.4, 0.5) is 0 Å². The molecule has 0 unspecified atom stereocenters. The molecule has 8 nitrogen and oxygen atoms in total. The highest BCUT2D eigenvalue weighted by Crippen LogP contribution is 2.16. The third-order valence-corrected chi connectivity index (χ3v) is 2.74. The minimum atomic E-state index is -1.65. The van der Waals surface area contributed by atoms with E-state index in [1.165, 1.54) is 26.9 Å². The molecular weight excluding hydrogens is 330 g/mol. The molecule has 0 saturated heterocycles. The van der Waals surface area contributed by atoms with E-state index >= 15 is 0 Å². The van der Waals surface area contributed by atoms with Crippen molar-refractivity contribution >= 4 is 24.0 Å². The highest BCUT2D eigenvalue weighted by molar-refractivity contribution is 5.88. The Kier molecular flexibility index (Phi) is 8.80. The predicted octanol–water partition coefficient (Wildman–Crippen LogP) is 1.42. The molecule has 0 atom stereocenters.